The molecule has 106 valence electrons. The maximum absolute atomic E-state index is 5.72. The molecule has 20 heavy (non-hydrogen) atoms. The molecule has 0 heterocycles. The minimum atomic E-state index is 0.145. The van der Waals surface area contributed by atoms with E-state index >= 15 is 0 Å². The van der Waals surface area contributed by atoms with Gasteiger partial charge >= 0.3 is 0 Å². The van der Waals surface area contributed by atoms with E-state index in [4.69, 9.17) is 5.84 Å². The van der Waals surface area contributed by atoms with Gasteiger partial charge in [0.05, 0.1) is 0 Å². The van der Waals surface area contributed by atoms with Crippen LogP contribution in [0.3, 0.4) is 0 Å². The van der Waals surface area contributed by atoms with Crippen molar-refractivity contribution in [3.05, 3.63) is 69.7 Å². The molecule has 0 saturated heterocycles. The Labute approximate surface area is 129 Å². The van der Waals surface area contributed by atoms with Gasteiger partial charge in [0.25, 0.3) is 0 Å². The van der Waals surface area contributed by atoms with E-state index in [0.29, 0.717) is 0 Å². The fourth-order valence-electron chi connectivity index (χ4n) is 2.33. The lowest BCUT2D eigenvalue weighted by Crippen LogP contribution is -2.29. The van der Waals surface area contributed by atoms with E-state index in [1.54, 1.807) is 0 Å². The van der Waals surface area contributed by atoms with Crippen LogP contribution < -0.4 is 11.3 Å². The molecule has 0 radical (unpaired) electrons. The SMILES string of the molecule is CCCc1ccc(C(Cc2ccc(Br)cc2)NN)cc1. The second kappa shape index (κ2) is 7.58. The molecular formula is C17H21BrN2. The summed E-state index contributed by atoms with van der Waals surface area (Å²) in [5.74, 6) is 5.72. The molecule has 0 bridgehead atoms. The number of nitrogens with two attached hydrogens (primary N) is 1. The monoisotopic (exact) mass is 332 g/mol. The van der Waals surface area contributed by atoms with E-state index in [9.17, 15) is 0 Å². The molecule has 2 aromatic carbocycles. The number of halogens is 1. The van der Waals surface area contributed by atoms with Crippen molar-refractivity contribution in [3.8, 4) is 0 Å². The standard InChI is InChI=1S/C17H21BrN2/c1-2-3-13-4-8-15(9-5-13)17(20-19)12-14-6-10-16(18)11-7-14/h4-11,17,20H,2-3,12,19H2,1H3. The highest BCUT2D eigenvalue weighted by Crippen LogP contribution is 2.20. The molecule has 3 N–H and O–H groups in total. The highest BCUT2D eigenvalue weighted by Gasteiger charge is 2.10. The molecule has 0 aromatic heterocycles. The van der Waals surface area contributed by atoms with Crippen molar-refractivity contribution >= 4 is 15.9 Å². The number of benzene rings is 2. The Hall–Kier alpha value is -1.16. The second-order valence-corrected chi connectivity index (χ2v) is 5.96. The Bertz CT molecular complexity index is 520. The fourth-order valence-corrected chi connectivity index (χ4v) is 2.60. The molecule has 2 aromatic rings. The highest BCUT2D eigenvalue weighted by atomic mass is 79.9. The van der Waals surface area contributed by atoms with Crippen LogP contribution in [0, 0.1) is 0 Å². The van der Waals surface area contributed by atoms with Gasteiger partial charge in [0.15, 0.2) is 0 Å². The molecule has 0 saturated carbocycles. The van der Waals surface area contributed by atoms with E-state index < -0.39 is 0 Å². The van der Waals surface area contributed by atoms with Crippen LogP contribution in [0.1, 0.15) is 36.1 Å². The lowest BCUT2D eigenvalue weighted by atomic mass is 9.98. The highest BCUT2D eigenvalue weighted by molar-refractivity contribution is 9.10. The summed E-state index contributed by atoms with van der Waals surface area (Å²) < 4.78 is 1.10. The summed E-state index contributed by atoms with van der Waals surface area (Å²) in [6.45, 7) is 2.20. The zero-order valence-corrected chi connectivity index (χ0v) is 13.4. The lowest BCUT2D eigenvalue weighted by molar-refractivity contribution is 0.552. The van der Waals surface area contributed by atoms with Crippen molar-refractivity contribution in [1.82, 2.24) is 5.43 Å². The van der Waals surface area contributed by atoms with Gasteiger partial charge in [0.1, 0.15) is 0 Å². The van der Waals surface area contributed by atoms with Gasteiger partial charge in [-0.05, 0) is 41.7 Å². The predicted molar refractivity (Wildman–Crippen MR) is 88.3 cm³/mol. The summed E-state index contributed by atoms with van der Waals surface area (Å²) in [6, 6.07) is 17.3. The Morgan fingerprint density at radius 2 is 1.60 bits per heavy atom. The minimum absolute atomic E-state index is 0.145. The van der Waals surface area contributed by atoms with Crippen molar-refractivity contribution in [2.75, 3.05) is 0 Å². The van der Waals surface area contributed by atoms with Crippen LogP contribution in [0.25, 0.3) is 0 Å². The zero-order valence-electron chi connectivity index (χ0n) is 11.8. The Morgan fingerprint density at radius 1 is 1.00 bits per heavy atom. The third-order valence-electron chi connectivity index (χ3n) is 3.48. The Morgan fingerprint density at radius 3 is 2.15 bits per heavy atom. The predicted octanol–water partition coefficient (Wildman–Crippen LogP) is 4.15. The average Bonchev–Trinajstić information content (AvgIpc) is 2.48. The maximum Gasteiger partial charge on any atom is 0.0500 e. The summed E-state index contributed by atoms with van der Waals surface area (Å²) in [5, 5.41) is 0. The number of aryl methyl sites for hydroxylation is 1. The lowest BCUT2D eigenvalue weighted by Gasteiger charge is -2.17. The minimum Gasteiger partial charge on any atom is -0.271 e. The number of nitrogens with one attached hydrogen (secondary N) is 1. The van der Waals surface area contributed by atoms with Crippen molar-refractivity contribution in [2.45, 2.75) is 32.2 Å². The molecule has 2 nitrogen and oxygen atoms in total. The van der Waals surface area contributed by atoms with Crippen LogP contribution in [-0.4, -0.2) is 0 Å². The van der Waals surface area contributed by atoms with Crippen LogP contribution >= 0.6 is 15.9 Å². The third kappa shape index (κ3) is 4.17. The molecule has 0 spiro atoms. The first-order chi connectivity index (χ1) is 9.72. The Balaban J connectivity index is 2.09. The maximum atomic E-state index is 5.72. The molecule has 0 aliphatic carbocycles. The molecular weight excluding hydrogens is 312 g/mol. The van der Waals surface area contributed by atoms with E-state index in [1.807, 2.05) is 0 Å². The van der Waals surface area contributed by atoms with Crippen molar-refractivity contribution in [1.29, 1.82) is 0 Å². The topological polar surface area (TPSA) is 38.0 Å². The average molecular weight is 333 g/mol. The number of rotatable bonds is 6. The van der Waals surface area contributed by atoms with Gasteiger partial charge in [-0.15, -0.1) is 0 Å². The van der Waals surface area contributed by atoms with Crippen LogP contribution in [0.2, 0.25) is 0 Å². The molecule has 2 rings (SSSR count). The molecule has 1 atom stereocenters. The van der Waals surface area contributed by atoms with Gasteiger partial charge < -0.3 is 0 Å². The number of hydrazine groups is 1. The number of hydrogen-bond donors (Lipinski definition) is 2. The quantitative estimate of drug-likeness (QED) is 0.616. The van der Waals surface area contributed by atoms with Gasteiger partial charge in [-0.2, -0.15) is 0 Å². The molecule has 0 aliphatic rings. The zero-order chi connectivity index (χ0) is 14.4. The van der Waals surface area contributed by atoms with Crippen molar-refractivity contribution in [2.24, 2.45) is 5.84 Å². The molecule has 0 fully saturated rings. The summed E-state index contributed by atoms with van der Waals surface area (Å²) in [5.41, 5.74) is 6.81. The summed E-state index contributed by atoms with van der Waals surface area (Å²) in [6.07, 6.45) is 3.20. The van der Waals surface area contributed by atoms with Gasteiger partial charge in [0, 0.05) is 10.5 Å². The van der Waals surface area contributed by atoms with E-state index in [1.165, 1.54) is 23.1 Å². The largest absolute Gasteiger partial charge is 0.271 e. The summed E-state index contributed by atoms with van der Waals surface area (Å²) >= 11 is 3.46. The summed E-state index contributed by atoms with van der Waals surface area (Å²) in [7, 11) is 0. The van der Waals surface area contributed by atoms with Gasteiger partial charge in [-0.3, -0.25) is 11.3 Å². The third-order valence-corrected chi connectivity index (χ3v) is 4.00. The van der Waals surface area contributed by atoms with E-state index in [0.717, 1.165) is 17.3 Å². The molecule has 0 aliphatic heterocycles. The van der Waals surface area contributed by atoms with Gasteiger partial charge in [0.2, 0.25) is 0 Å². The number of hydrogen-bond acceptors (Lipinski definition) is 2. The first kappa shape index (κ1) is 15.2. The van der Waals surface area contributed by atoms with Crippen LogP contribution in [0.4, 0.5) is 0 Å². The van der Waals surface area contributed by atoms with E-state index in [2.05, 4.69) is 76.8 Å². The van der Waals surface area contributed by atoms with Crippen LogP contribution in [0.15, 0.2) is 53.0 Å². The van der Waals surface area contributed by atoms with Crippen molar-refractivity contribution < 1.29 is 0 Å². The first-order valence-corrected chi connectivity index (χ1v) is 7.81. The second-order valence-electron chi connectivity index (χ2n) is 5.04. The molecule has 3 heteroatoms. The molecule has 1 unspecified atom stereocenters. The van der Waals surface area contributed by atoms with Crippen molar-refractivity contribution in [3.63, 3.8) is 0 Å². The van der Waals surface area contributed by atoms with Crippen LogP contribution in [-0.2, 0) is 12.8 Å². The van der Waals surface area contributed by atoms with E-state index in [-0.39, 0.29) is 6.04 Å². The van der Waals surface area contributed by atoms with Crippen LogP contribution in [0.5, 0.6) is 0 Å². The molecule has 0 amide bonds. The normalized spacial score (nSPS) is 12.3. The Kier molecular flexibility index (Phi) is 5.77. The van der Waals surface area contributed by atoms with Gasteiger partial charge in [-0.25, -0.2) is 0 Å². The fraction of sp³-hybridized carbons (Fsp3) is 0.294. The smallest absolute Gasteiger partial charge is 0.0500 e. The first-order valence-electron chi connectivity index (χ1n) is 7.02. The summed E-state index contributed by atoms with van der Waals surface area (Å²) in [4.78, 5) is 0. The van der Waals surface area contributed by atoms with Gasteiger partial charge in [-0.1, -0.05) is 65.7 Å².